The average molecular weight is 430 g/mol. The number of piperidine rings is 1. The van der Waals surface area contributed by atoms with Gasteiger partial charge in [0.15, 0.2) is 0 Å². The monoisotopic (exact) mass is 429 g/mol. The summed E-state index contributed by atoms with van der Waals surface area (Å²) in [7, 11) is -3.33. The number of sulfonamides is 1. The Morgan fingerprint density at radius 1 is 1.07 bits per heavy atom. The molecule has 1 heterocycles. The van der Waals surface area contributed by atoms with Gasteiger partial charge in [-0.05, 0) is 74.6 Å². The fraction of sp³-hybridized carbons (Fsp3) is 0.435. The van der Waals surface area contributed by atoms with Crippen LogP contribution in [-0.2, 0) is 10.0 Å². The molecule has 7 heteroatoms. The molecule has 0 spiro atoms. The molecule has 2 aromatic rings. The van der Waals surface area contributed by atoms with E-state index in [9.17, 15) is 13.2 Å². The summed E-state index contributed by atoms with van der Waals surface area (Å²) in [6.45, 7) is 8.03. The maximum Gasteiger partial charge on any atom is 0.251 e. The Labute approximate surface area is 179 Å². The molecule has 1 amide bonds. The van der Waals surface area contributed by atoms with Gasteiger partial charge < -0.3 is 10.2 Å². The van der Waals surface area contributed by atoms with Crippen LogP contribution in [0.2, 0.25) is 0 Å². The molecule has 1 atom stereocenters. The van der Waals surface area contributed by atoms with Gasteiger partial charge in [-0.15, -0.1) is 0 Å². The van der Waals surface area contributed by atoms with Crippen molar-refractivity contribution in [3.63, 3.8) is 0 Å². The molecule has 3 rings (SSSR count). The molecule has 1 aliphatic heterocycles. The highest BCUT2D eigenvalue weighted by Gasteiger charge is 2.17. The van der Waals surface area contributed by atoms with E-state index in [2.05, 4.69) is 46.1 Å². The van der Waals surface area contributed by atoms with E-state index in [-0.39, 0.29) is 17.7 Å². The fourth-order valence-corrected chi connectivity index (χ4v) is 4.18. The fourth-order valence-electron chi connectivity index (χ4n) is 3.55. The highest BCUT2D eigenvalue weighted by atomic mass is 32.2. The molecule has 0 bridgehead atoms. The minimum atomic E-state index is -3.33. The standard InChI is InChI=1S/C23H31N3O3S/c1-4-30(28,29)25-21-9-5-20(6-10-21)23(27)24-18(3)19-7-11-22(12-8-19)26-15-13-17(2)14-16-26/h5-12,17-18,25H,4,13-16H2,1-3H3,(H,24,27)/t18-/m1/s1. The number of carbonyl (C=O) groups is 1. The average Bonchev–Trinajstić information content (AvgIpc) is 2.74. The first-order chi connectivity index (χ1) is 14.3. The highest BCUT2D eigenvalue weighted by molar-refractivity contribution is 7.92. The molecular formula is C23H31N3O3S. The zero-order valence-electron chi connectivity index (χ0n) is 17.9. The molecule has 162 valence electrons. The summed E-state index contributed by atoms with van der Waals surface area (Å²) in [5, 5.41) is 3.00. The Balaban J connectivity index is 1.58. The van der Waals surface area contributed by atoms with Gasteiger partial charge in [0.25, 0.3) is 5.91 Å². The number of nitrogens with zero attached hydrogens (tertiary/aromatic N) is 1. The van der Waals surface area contributed by atoms with Gasteiger partial charge in [-0.1, -0.05) is 19.1 Å². The molecule has 0 aromatic heterocycles. The summed E-state index contributed by atoms with van der Waals surface area (Å²) >= 11 is 0. The van der Waals surface area contributed by atoms with Crippen LogP contribution in [-0.4, -0.2) is 33.2 Å². The Morgan fingerprint density at radius 2 is 1.67 bits per heavy atom. The van der Waals surface area contributed by atoms with E-state index in [1.165, 1.54) is 18.5 Å². The van der Waals surface area contributed by atoms with Crippen molar-refractivity contribution in [2.24, 2.45) is 5.92 Å². The van der Waals surface area contributed by atoms with E-state index in [0.29, 0.717) is 11.3 Å². The summed E-state index contributed by atoms with van der Waals surface area (Å²) in [4.78, 5) is 15.0. The third-order valence-electron chi connectivity index (χ3n) is 5.69. The second-order valence-electron chi connectivity index (χ2n) is 8.04. The van der Waals surface area contributed by atoms with E-state index in [1.54, 1.807) is 31.2 Å². The van der Waals surface area contributed by atoms with Gasteiger partial charge in [0.05, 0.1) is 11.8 Å². The largest absolute Gasteiger partial charge is 0.372 e. The number of hydrogen-bond acceptors (Lipinski definition) is 4. The van der Waals surface area contributed by atoms with Crippen LogP contribution in [0.15, 0.2) is 48.5 Å². The first-order valence-corrected chi connectivity index (χ1v) is 12.2. The predicted octanol–water partition coefficient (Wildman–Crippen LogP) is 4.18. The first kappa shape index (κ1) is 22.2. The van der Waals surface area contributed by atoms with Gasteiger partial charge in [0, 0.05) is 30.0 Å². The number of nitrogens with one attached hydrogen (secondary N) is 2. The minimum Gasteiger partial charge on any atom is -0.372 e. The number of benzene rings is 2. The topological polar surface area (TPSA) is 78.5 Å². The van der Waals surface area contributed by atoms with Crippen LogP contribution in [0.4, 0.5) is 11.4 Å². The summed E-state index contributed by atoms with van der Waals surface area (Å²) in [6.07, 6.45) is 2.46. The van der Waals surface area contributed by atoms with E-state index in [1.807, 2.05) is 6.92 Å². The van der Waals surface area contributed by atoms with E-state index < -0.39 is 10.0 Å². The van der Waals surface area contributed by atoms with Gasteiger partial charge >= 0.3 is 0 Å². The van der Waals surface area contributed by atoms with Crippen molar-refractivity contribution in [1.29, 1.82) is 0 Å². The number of rotatable bonds is 7. The zero-order valence-corrected chi connectivity index (χ0v) is 18.7. The van der Waals surface area contributed by atoms with Crippen LogP contribution < -0.4 is 14.9 Å². The maximum atomic E-state index is 12.6. The second kappa shape index (κ2) is 9.51. The summed E-state index contributed by atoms with van der Waals surface area (Å²) in [5.74, 6) is 0.612. The van der Waals surface area contributed by atoms with Crippen LogP contribution in [0.1, 0.15) is 55.6 Å². The van der Waals surface area contributed by atoms with Crippen molar-refractivity contribution < 1.29 is 13.2 Å². The van der Waals surface area contributed by atoms with Crippen molar-refractivity contribution in [2.45, 2.75) is 39.7 Å². The molecule has 0 radical (unpaired) electrons. The predicted molar refractivity (Wildman–Crippen MR) is 122 cm³/mol. The molecule has 0 saturated carbocycles. The molecule has 6 nitrogen and oxygen atoms in total. The van der Waals surface area contributed by atoms with Crippen molar-refractivity contribution >= 4 is 27.3 Å². The lowest BCUT2D eigenvalue weighted by Crippen LogP contribution is -2.32. The lowest BCUT2D eigenvalue weighted by molar-refractivity contribution is 0.0940. The quantitative estimate of drug-likeness (QED) is 0.692. The van der Waals surface area contributed by atoms with E-state index in [4.69, 9.17) is 0 Å². The minimum absolute atomic E-state index is 0.00241. The molecule has 0 unspecified atom stereocenters. The van der Waals surface area contributed by atoms with Crippen molar-refractivity contribution in [1.82, 2.24) is 5.32 Å². The van der Waals surface area contributed by atoms with Crippen LogP contribution in [0.3, 0.4) is 0 Å². The Hall–Kier alpha value is -2.54. The Morgan fingerprint density at radius 3 is 2.23 bits per heavy atom. The molecule has 1 aliphatic rings. The molecule has 1 fully saturated rings. The number of carbonyl (C=O) groups excluding carboxylic acids is 1. The van der Waals surface area contributed by atoms with Gasteiger partial charge in [0.2, 0.25) is 10.0 Å². The maximum absolute atomic E-state index is 12.6. The van der Waals surface area contributed by atoms with Gasteiger partial charge in [0.1, 0.15) is 0 Å². The lowest BCUT2D eigenvalue weighted by atomic mass is 9.98. The number of anilines is 2. The molecule has 1 saturated heterocycles. The van der Waals surface area contributed by atoms with Crippen LogP contribution in [0.5, 0.6) is 0 Å². The van der Waals surface area contributed by atoms with Gasteiger partial charge in [-0.2, -0.15) is 0 Å². The smallest absolute Gasteiger partial charge is 0.251 e. The zero-order chi connectivity index (χ0) is 21.7. The van der Waals surface area contributed by atoms with Crippen LogP contribution in [0, 0.1) is 5.92 Å². The Bertz CT molecular complexity index is 948. The van der Waals surface area contributed by atoms with Gasteiger partial charge in [-0.25, -0.2) is 8.42 Å². The third kappa shape index (κ3) is 5.75. The van der Waals surface area contributed by atoms with Crippen molar-refractivity contribution in [2.75, 3.05) is 28.5 Å². The summed E-state index contributed by atoms with van der Waals surface area (Å²) < 4.78 is 25.7. The Kier molecular flexibility index (Phi) is 7.02. The SMILES string of the molecule is CCS(=O)(=O)Nc1ccc(C(=O)N[C@H](C)c2ccc(N3CCC(C)CC3)cc2)cc1. The van der Waals surface area contributed by atoms with Crippen molar-refractivity contribution in [3.8, 4) is 0 Å². The summed E-state index contributed by atoms with van der Waals surface area (Å²) in [6, 6.07) is 14.7. The molecule has 2 N–H and O–H groups in total. The lowest BCUT2D eigenvalue weighted by Gasteiger charge is -2.32. The molecule has 2 aromatic carbocycles. The van der Waals surface area contributed by atoms with Crippen molar-refractivity contribution in [3.05, 3.63) is 59.7 Å². The number of hydrogen-bond donors (Lipinski definition) is 2. The third-order valence-corrected chi connectivity index (χ3v) is 7.00. The van der Waals surface area contributed by atoms with Crippen LogP contribution in [0.25, 0.3) is 0 Å². The van der Waals surface area contributed by atoms with Crippen LogP contribution >= 0.6 is 0 Å². The number of amides is 1. The first-order valence-electron chi connectivity index (χ1n) is 10.5. The highest BCUT2D eigenvalue weighted by Crippen LogP contribution is 2.24. The van der Waals surface area contributed by atoms with E-state index in [0.717, 1.165) is 24.6 Å². The second-order valence-corrected chi connectivity index (χ2v) is 10.1. The normalized spacial score (nSPS) is 16.2. The molecule has 30 heavy (non-hydrogen) atoms. The van der Waals surface area contributed by atoms with E-state index >= 15 is 0 Å². The molecular weight excluding hydrogens is 398 g/mol. The summed E-state index contributed by atoms with van der Waals surface area (Å²) in [5.41, 5.74) is 3.21. The molecule has 0 aliphatic carbocycles. The van der Waals surface area contributed by atoms with Gasteiger partial charge in [-0.3, -0.25) is 9.52 Å².